The van der Waals surface area contributed by atoms with Crippen LogP contribution in [0.4, 0.5) is 4.79 Å². The van der Waals surface area contributed by atoms with Crippen molar-refractivity contribution in [2.75, 3.05) is 33.0 Å². The lowest BCUT2D eigenvalue weighted by molar-refractivity contribution is -0.169. The van der Waals surface area contributed by atoms with Gasteiger partial charge in [-0.2, -0.15) is 0 Å². The highest BCUT2D eigenvalue weighted by Crippen LogP contribution is 2.44. The maximum absolute atomic E-state index is 12.5. The molecule has 2 aromatic rings. The highest BCUT2D eigenvalue weighted by atomic mass is 16.7. The third kappa shape index (κ3) is 5.88. The van der Waals surface area contributed by atoms with Crippen LogP contribution in [0.15, 0.2) is 48.5 Å². The Hall–Kier alpha value is -3.07. The lowest BCUT2D eigenvalue weighted by Gasteiger charge is -2.23. The highest BCUT2D eigenvalue weighted by molar-refractivity contribution is 6.29. The summed E-state index contributed by atoms with van der Waals surface area (Å²) in [5.41, 5.74) is 4.49. The Morgan fingerprint density at radius 3 is 2.41 bits per heavy atom. The van der Waals surface area contributed by atoms with Gasteiger partial charge in [0.2, 0.25) is 0 Å². The zero-order chi connectivity index (χ0) is 23.8. The number of hydrogen-bond acceptors (Lipinski definition) is 7. The quantitative estimate of drug-likeness (QED) is 0.387. The first-order valence-electron chi connectivity index (χ1n) is 11.6. The summed E-state index contributed by atoms with van der Waals surface area (Å²) in [4.78, 5) is 24.6. The van der Waals surface area contributed by atoms with Crippen molar-refractivity contribution in [2.24, 2.45) is 0 Å². The maximum atomic E-state index is 12.5. The number of carbonyl (C=O) groups excluding carboxylic acids is 2. The van der Waals surface area contributed by atoms with Gasteiger partial charge in [-0.25, -0.2) is 4.79 Å². The molecule has 2 N–H and O–H groups in total. The predicted octanol–water partition coefficient (Wildman–Crippen LogP) is 3.67. The van der Waals surface area contributed by atoms with Gasteiger partial charge in [0.15, 0.2) is 12.1 Å². The standard InChI is InChI=1S/C26H30N2O6/c27-15-24(29)23(17-31-13-14-33-25-11-5-6-12-32-25)28-26(30)34-16-22-20-9-3-1-7-18(20)19-8-2-4-10-21(19)22/h1-4,7-10,15,22-23,25,27H,5-6,11-14,16-17H2,(H,28,30)/t23-,25?/m0/s1. The summed E-state index contributed by atoms with van der Waals surface area (Å²) < 4.78 is 22.1. The van der Waals surface area contributed by atoms with Gasteiger partial charge in [-0.05, 0) is 41.5 Å². The zero-order valence-corrected chi connectivity index (χ0v) is 19.0. The van der Waals surface area contributed by atoms with Crippen LogP contribution in [0, 0.1) is 5.41 Å². The molecule has 4 rings (SSSR count). The molecule has 0 saturated carbocycles. The van der Waals surface area contributed by atoms with Crippen LogP contribution in [0.2, 0.25) is 0 Å². The van der Waals surface area contributed by atoms with Gasteiger partial charge in [0.1, 0.15) is 12.6 Å². The number of amides is 1. The Labute approximate surface area is 199 Å². The molecule has 1 fully saturated rings. The molecule has 2 atom stereocenters. The van der Waals surface area contributed by atoms with Gasteiger partial charge in [-0.15, -0.1) is 0 Å². The van der Waals surface area contributed by atoms with Crippen LogP contribution in [0.1, 0.15) is 36.3 Å². The summed E-state index contributed by atoms with van der Waals surface area (Å²) in [7, 11) is 0. The van der Waals surface area contributed by atoms with E-state index in [1.54, 1.807) is 0 Å². The van der Waals surface area contributed by atoms with E-state index in [2.05, 4.69) is 17.4 Å². The lowest BCUT2D eigenvalue weighted by Crippen LogP contribution is -2.45. The smallest absolute Gasteiger partial charge is 0.407 e. The van der Waals surface area contributed by atoms with E-state index in [9.17, 15) is 9.59 Å². The van der Waals surface area contributed by atoms with E-state index in [0.717, 1.165) is 41.5 Å². The third-order valence-corrected chi connectivity index (χ3v) is 6.08. The molecule has 1 heterocycles. The summed E-state index contributed by atoms with van der Waals surface area (Å²) in [6.07, 6.45) is 2.71. The highest BCUT2D eigenvalue weighted by Gasteiger charge is 2.29. The number of Topliss-reactive ketones (excluding diaryl/α,β-unsaturated/α-hetero) is 1. The van der Waals surface area contributed by atoms with Crippen LogP contribution in [0.5, 0.6) is 0 Å². The second kappa shape index (κ2) is 11.9. The molecule has 34 heavy (non-hydrogen) atoms. The molecule has 8 heteroatoms. The number of alkyl carbamates (subject to hydrolysis) is 1. The molecule has 1 aliphatic carbocycles. The summed E-state index contributed by atoms with van der Waals surface area (Å²) in [5, 5.41) is 9.80. The number of ketones is 1. The van der Waals surface area contributed by atoms with Crippen molar-refractivity contribution in [2.45, 2.75) is 37.5 Å². The average Bonchev–Trinajstić information content (AvgIpc) is 3.20. The first kappa shape index (κ1) is 24.1. The largest absolute Gasteiger partial charge is 0.449 e. The first-order valence-corrected chi connectivity index (χ1v) is 11.6. The Morgan fingerprint density at radius 2 is 1.76 bits per heavy atom. The molecule has 0 aromatic heterocycles. The van der Waals surface area contributed by atoms with Crippen LogP contribution >= 0.6 is 0 Å². The van der Waals surface area contributed by atoms with Gasteiger partial charge in [0.05, 0.1) is 26.0 Å². The number of rotatable bonds is 11. The zero-order valence-electron chi connectivity index (χ0n) is 19.0. The fourth-order valence-corrected chi connectivity index (χ4v) is 4.36. The van der Waals surface area contributed by atoms with Crippen molar-refractivity contribution in [1.82, 2.24) is 5.32 Å². The second-order valence-electron chi connectivity index (χ2n) is 8.31. The lowest BCUT2D eigenvalue weighted by atomic mass is 9.98. The number of nitrogens with one attached hydrogen (secondary N) is 2. The molecular formula is C26H30N2O6. The van der Waals surface area contributed by atoms with Gasteiger partial charge in [0, 0.05) is 12.5 Å². The van der Waals surface area contributed by atoms with E-state index >= 15 is 0 Å². The summed E-state index contributed by atoms with van der Waals surface area (Å²) in [5.74, 6) is -0.643. The van der Waals surface area contributed by atoms with Crippen molar-refractivity contribution >= 4 is 18.1 Å². The molecule has 2 aliphatic rings. The molecule has 0 bridgehead atoms. The van der Waals surface area contributed by atoms with E-state index in [1.165, 1.54) is 0 Å². The number of ether oxygens (including phenoxy) is 4. The van der Waals surface area contributed by atoms with Crippen LogP contribution in [0.3, 0.4) is 0 Å². The predicted molar refractivity (Wildman–Crippen MR) is 126 cm³/mol. The number of carbonyl (C=O) groups is 2. The fraction of sp³-hybridized carbons (Fsp3) is 0.423. The topological polar surface area (TPSA) is 107 Å². The van der Waals surface area contributed by atoms with Gasteiger partial charge >= 0.3 is 6.09 Å². The van der Waals surface area contributed by atoms with Crippen LogP contribution in [-0.2, 0) is 23.7 Å². The number of hydrogen-bond donors (Lipinski definition) is 2. The van der Waals surface area contributed by atoms with Crippen molar-refractivity contribution < 1.29 is 28.5 Å². The first-order chi connectivity index (χ1) is 16.7. The number of benzene rings is 2. The average molecular weight is 467 g/mol. The summed E-state index contributed by atoms with van der Waals surface area (Å²) >= 11 is 0. The number of fused-ring (bicyclic) bond motifs is 3. The molecule has 1 saturated heterocycles. The van der Waals surface area contributed by atoms with E-state index in [-0.39, 0.29) is 32.0 Å². The van der Waals surface area contributed by atoms with Gasteiger partial charge < -0.3 is 29.7 Å². The molecule has 1 aliphatic heterocycles. The molecule has 1 amide bonds. The van der Waals surface area contributed by atoms with E-state index in [1.807, 2.05) is 36.4 Å². The normalized spacial score (nSPS) is 17.9. The van der Waals surface area contributed by atoms with Crippen molar-refractivity contribution in [3.8, 4) is 11.1 Å². The Kier molecular flexibility index (Phi) is 8.41. The molecule has 0 spiro atoms. The van der Waals surface area contributed by atoms with E-state index in [4.69, 9.17) is 24.4 Å². The van der Waals surface area contributed by atoms with Crippen molar-refractivity contribution in [1.29, 1.82) is 5.41 Å². The maximum Gasteiger partial charge on any atom is 0.407 e. The molecule has 0 radical (unpaired) electrons. The van der Waals surface area contributed by atoms with Crippen LogP contribution in [0.25, 0.3) is 11.1 Å². The minimum Gasteiger partial charge on any atom is -0.449 e. The van der Waals surface area contributed by atoms with E-state index in [0.29, 0.717) is 19.4 Å². The van der Waals surface area contributed by atoms with Crippen LogP contribution < -0.4 is 5.32 Å². The molecule has 2 aromatic carbocycles. The van der Waals surface area contributed by atoms with Gasteiger partial charge in [-0.3, -0.25) is 4.79 Å². The van der Waals surface area contributed by atoms with E-state index < -0.39 is 17.9 Å². The van der Waals surface area contributed by atoms with Gasteiger partial charge in [-0.1, -0.05) is 48.5 Å². The molecular weight excluding hydrogens is 436 g/mol. The monoisotopic (exact) mass is 466 g/mol. The minimum atomic E-state index is -1.00. The molecule has 1 unspecified atom stereocenters. The Morgan fingerprint density at radius 1 is 1.06 bits per heavy atom. The van der Waals surface area contributed by atoms with Gasteiger partial charge in [0.25, 0.3) is 0 Å². The summed E-state index contributed by atoms with van der Waals surface area (Å²) in [6, 6.07) is 15.1. The fourth-order valence-electron chi connectivity index (χ4n) is 4.36. The third-order valence-electron chi connectivity index (χ3n) is 6.08. The van der Waals surface area contributed by atoms with Crippen LogP contribution in [-0.4, -0.2) is 63.5 Å². The Balaban J connectivity index is 1.26. The Bertz CT molecular complexity index is 959. The molecule has 8 nitrogen and oxygen atoms in total. The minimum absolute atomic E-state index is 0.0761. The summed E-state index contributed by atoms with van der Waals surface area (Å²) in [6.45, 7) is 1.33. The molecule has 180 valence electrons. The second-order valence-corrected chi connectivity index (χ2v) is 8.31. The van der Waals surface area contributed by atoms with Crippen molar-refractivity contribution in [3.63, 3.8) is 0 Å². The SMILES string of the molecule is N=CC(=O)[C@H](COCCOC1CCCCO1)NC(=O)OCC1c2ccccc2-c2ccccc21. The van der Waals surface area contributed by atoms with Crippen molar-refractivity contribution in [3.05, 3.63) is 59.7 Å².